The smallest absolute Gasteiger partial charge is 0.262 e. The lowest BCUT2D eigenvalue weighted by atomic mass is 10.3. The van der Waals surface area contributed by atoms with Crippen LogP contribution in [-0.2, 0) is 4.79 Å². The Morgan fingerprint density at radius 3 is 2.30 bits per heavy atom. The van der Waals surface area contributed by atoms with Crippen molar-refractivity contribution in [2.75, 3.05) is 11.9 Å². The molecule has 104 valence electrons. The van der Waals surface area contributed by atoms with Gasteiger partial charge < -0.3 is 10.1 Å². The summed E-state index contributed by atoms with van der Waals surface area (Å²) < 4.78 is 32.2. The highest BCUT2D eigenvalue weighted by atomic mass is 127. The fourth-order valence-electron chi connectivity index (χ4n) is 1.50. The van der Waals surface area contributed by atoms with E-state index in [9.17, 15) is 13.6 Å². The second-order valence-electron chi connectivity index (χ2n) is 3.95. The third-order valence-electron chi connectivity index (χ3n) is 2.33. The van der Waals surface area contributed by atoms with E-state index >= 15 is 0 Å². The Bertz CT molecular complexity index is 597. The van der Waals surface area contributed by atoms with Gasteiger partial charge in [-0.15, -0.1) is 0 Å². The molecule has 1 amide bonds. The number of rotatable bonds is 4. The van der Waals surface area contributed by atoms with Crippen molar-refractivity contribution >= 4 is 34.2 Å². The first-order valence-electron chi connectivity index (χ1n) is 5.67. The molecule has 0 spiro atoms. The van der Waals surface area contributed by atoms with Crippen LogP contribution in [0.3, 0.4) is 0 Å². The molecule has 2 rings (SSSR count). The van der Waals surface area contributed by atoms with Crippen LogP contribution in [0.4, 0.5) is 14.5 Å². The lowest BCUT2D eigenvalue weighted by molar-refractivity contribution is -0.118. The summed E-state index contributed by atoms with van der Waals surface area (Å²) in [5, 5.41) is 2.36. The molecule has 1 N–H and O–H groups in total. The van der Waals surface area contributed by atoms with Gasteiger partial charge >= 0.3 is 0 Å². The highest BCUT2D eigenvalue weighted by Crippen LogP contribution is 2.15. The second-order valence-corrected chi connectivity index (χ2v) is 5.19. The quantitative estimate of drug-likeness (QED) is 0.812. The minimum atomic E-state index is -0.751. The largest absolute Gasteiger partial charge is 0.484 e. The predicted octanol–water partition coefficient (Wildman–Crippen LogP) is 3.59. The lowest BCUT2D eigenvalue weighted by Crippen LogP contribution is -2.20. The maximum atomic E-state index is 12.9. The van der Waals surface area contributed by atoms with Crippen molar-refractivity contribution in [1.82, 2.24) is 0 Å². The summed E-state index contributed by atoms with van der Waals surface area (Å²) in [4.78, 5) is 11.6. The van der Waals surface area contributed by atoms with Gasteiger partial charge in [0, 0.05) is 15.3 Å². The van der Waals surface area contributed by atoms with E-state index in [0.717, 1.165) is 21.8 Å². The Morgan fingerprint density at radius 2 is 1.70 bits per heavy atom. The summed E-state index contributed by atoms with van der Waals surface area (Å²) in [6.07, 6.45) is 0. The fraction of sp³-hybridized carbons (Fsp3) is 0.0714. The van der Waals surface area contributed by atoms with Gasteiger partial charge in [-0.05, 0) is 59.0 Å². The summed E-state index contributed by atoms with van der Waals surface area (Å²) in [7, 11) is 0. The normalized spacial score (nSPS) is 10.2. The minimum absolute atomic E-state index is 0.0544. The molecule has 0 saturated heterocycles. The number of carbonyl (C=O) groups is 1. The zero-order valence-electron chi connectivity index (χ0n) is 10.2. The molecule has 6 heteroatoms. The van der Waals surface area contributed by atoms with Gasteiger partial charge in [0.15, 0.2) is 6.61 Å². The first-order chi connectivity index (χ1) is 9.52. The van der Waals surface area contributed by atoms with E-state index < -0.39 is 17.5 Å². The summed E-state index contributed by atoms with van der Waals surface area (Å²) in [6, 6.07) is 9.95. The first kappa shape index (κ1) is 14.7. The average molecular weight is 389 g/mol. The second kappa shape index (κ2) is 6.65. The molecular weight excluding hydrogens is 379 g/mol. The van der Waals surface area contributed by atoms with E-state index in [0.29, 0.717) is 5.75 Å². The van der Waals surface area contributed by atoms with Crippen molar-refractivity contribution in [2.24, 2.45) is 0 Å². The monoisotopic (exact) mass is 389 g/mol. The molecule has 0 aromatic heterocycles. The van der Waals surface area contributed by atoms with E-state index in [-0.39, 0.29) is 12.3 Å². The van der Waals surface area contributed by atoms with E-state index in [1.165, 1.54) is 0 Å². The van der Waals surface area contributed by atoms with Crippen LogP contribution in [0.25, 0.3) is 0 Å². The van der Waals surface area contributed by atoms with Crippen LogP contribution >= 0.6 is 22.6 Å². The molecule has 0 atom stereocenters. The standard InChI is InChI=1S/C14H10F2INO2/c15-9-5-10(16)7-12(6-9)18-14(19)8-20-13-3-1-11(17)2-4-13/h1-7H,8H2,(H,18,19). The molecule has 0 fully saturated rings. The Kier molecular flexibility index (Phi) is 4.89. The minimum Gasteiger partial charge on any atom is -0.484 e. The molecule has 0 aliphatic rings. The van der Waals surface area contributed by atoms with Gasteiger partial charge in [-0.25, -0.2) is 8.78 Å². The van der Waals surface area contributed by atoms with Crippen molar-refractivity contribution in [1.29, 1.82) is 0 Å². The Balaban J connectivity index is 1.90. The predicted molar refractivity (Wildman–Crippen MR) is 79.6 cm³/mol. The van der Waals surface area contributed by atoms with Crippen LogP contribution in [0.1, 0.15) is 0 Å². The Hall–Kier alpha value is -1.70. The molecule has 0 saturated carbocycles. The van der Waals surface area contributed by atoms with E-state index in [2.05, 4.69) is 27.9 Å². The fourth-order valence-corrected chi connectivity index (χ4v) is 1.86. The van der Waals surface area contributed by atoms with E-state index in [1.807, 2.05) is 12.1 Å². The summed E-state index contributed by atoms with van der Waals surface area (Å²) in [5.74, 6) is -1.45. The van der Waals surface area contributed by atoms with Crippen LogP contribution in [0.5, 0.6) is 5.75 Å². The number of carbonyl (C=O) groups excluding carboxylic acids is 1. The topological polar surface area (TPSA) is 38.3 Å². The number of amides is 1. The van der Waals surface area contributed by atoms with Crippen molar-refractivity contribution in [3.05, 3.63) is 57.7 Å². The Morgan fingerprint density at radius 1 is 1.10 bits per heavy atom. The Labute approximate surface area is 128 Å². The van der Waals surface area contributed by atoms with Crippen LogP contribution in [0, 0.1) is 15.2 Å². The van der Waals surface area contributed by atoms with Gasteiger partial charge in [-0.1, -0.05) is 0 Å². The number of nitrogens with one attached hydrogen (secondary N) is 1. The van der Waals surface area contributed by atoms with Gasteiger partial charge in [0.1, 0.15) is 17.4 Å². The number of ether oxygens (including phenoxy) is 1. The van der Waals surface area contributed by atoms with E-state index in [4.69, 9.17) is 4.74 Å². The molecule has 20 heavy (non-hydrogen) atoms. The number of benzene rings is 2. The summed E-state index contributed by atoms with van der Waals surface area (Å²) in [5.41, 5.74) is 0.0544. The zero-order valence-corrected chi connectivity index (χ0v) is 12.4. The molecule has 0 bridgehead atoms. The van der Waals surface area contributed by atoms with Crippen LogP contribution in [0.2, 0.25) is 0 Å². The van der Waals surface area contributed by atoms with Crippen molar-refractivity contribution in [2.45, 2.75) is 0 Å². The summed E-state index contributed by atoms with van der Waals surface area (Å²) >= 11 is 2.15. The average Bonchev–Trinajstić information content (AvgIpc) is 2.37. The SMILES string of the molecule is O=C(COc1ccc(I)cc1)Nc1cc(F)cc(F)c1. The zero-order chi connectivity index (χ0) is 14.5. The maximum absolute atomic E-state index is 12.9. The molecule has 0 radical (unpaired) electrons. The van der Waals surface area contributed by atoms with Crippen molar-refractivity contribution in [3.63, 3.8) is 0 Å². The van der Waals surface area contributed by atoms with Gasteiger partial charge in [-0.3, -0.25) is 4.79 Å². The number of anilines is 1. The van der Waals surface area contributed by atoms with Gasteiger partial charge in [0.2, 0.25) is 0 Å². The number of hydrogen-bond donors (Lipinski definition) is 1. The van der Waals surface area contributed by atoms with Gasteiger partial charge in [0.05, 0.1) is 0 Å². The molecule has 0 unspecified atom stereocenters. The summed E-state index contributed by atoms with van der Waals surface area (Å²) in [6.45, 7) is -0.237. The molecule has 3 nitrogen and oxygen atoms in total. The van der Waals surface area contributed by atoms with Gasteiger partial charge in [0.25, 0.3) is 5.91 Å². The van der Waals surface area contributed by atoms with Crippen LogP contribution in [0.15, 0.2) is 42.5 Å². The van der Waals surface area contributed by atoms with E-state index in [1.54, 1.807) is 12.1 Å². The van der Waals surface area contributed by atoms with Crippen LogP contribution in [-0.4, -0.2) is 12.5 Å². The van der Waals surface area contributed by atoms with Crippen LogP contribution < -0.4 is 10.1 Å². The molecule has 0 aliphatic heterocycles. The van der Waals surface area contributed by atoms with Gasteiger partial charge in [-0.2, -0.15) is 0 Å². The first-order valence-corrected chi connectivity index (χ1v) is 6.75. The van der Waals surface area contributed by atoms with Crippen molar-refractivity contribution in [3.8, 4) is 5.75 Å². The van der Waals surface area contributed by atoms with Crippen molar-refractivity contribution < 1.29 is 18.3 Å². The number of halogens is 3. The maximum Gasteiger partial charge on any atom is 0.262 e. The highest BCUT2D eigenvalue weighted by molar-refractivity contribution is 14.1. The third kappa shape index (κ3) is 4.44. The molecule has 0 heterocycles. The molecule has 2 aromatic rings. The molecule has 2 aromatic carbocycles. The third-order valence-corrected chi connectivity index (χ3v) is 3.05. The molecular formula is C14H10F2INO2. The lowest BCUT2D eigenvalue weighted by Gasteiger charge is -2.08. The highest BCUT2D eigenvalue weighted by Gasteiger charge is 2.06. The number of hydrogen-bond acceptors (Lipinski definition) is 2. The molecule has 0 aliphatic carbocycles.